The molecule has 0 fully saturated rings. The summed E-state index contributed by atoms with van der Waals surface area (Å²) >= 11 is 13.4. The molecule has 2 aromatic carbocycles. The lowest BCUT2D eigenvalue weighted by Gasteiger charge is -2.14. The fourth-order valence-corrected chi connectivity index (χ4v) is 3.81. The number of ether oxygens (including phenoxy) is 1. The van der Waals surface area contributed by atoms with Crippen molar-refractivity contribution in [2.24, 2.45) is 7.05 Å². The number of nitrogens with zero attached hydrogens (tertiary/aromatic N) is 3. The predicted molar refractivity (Wildman–Crippen MR) is 117 cm³/mol. The van der Waals surface area contributed by atoms with Gasteiger partial charge in [0.1, 0.15) is 5.75 Å². The molecular weight excluding hydrogens is 431 g/mol. The molecule has 0 spiro atoms. The molecular formula is C20H20Cl2N4O2S. The smallest absolute Gasteiger partial charge is 0.234 e. The standard InChI is InChI=1S/C20H20Cl2N4O2S/c1-12-7-9-14(10-8-12)28-13(2)19-24-25-20(26(19)3)29-11-17(27)23-18-15(21)5-4-6-16(18)22/h4-10,13H,11H2,1-3H3,(H,23,27). The van der Waals surface area contributed by atoms with Crippen LogP contribution in [0.1, 0.15) is 24.4 Å². The zero-order valence-electron chi connectivity index (χ0n) is 16.1. The van der Waals surface area contributed by atoms with Crippen LogP contribution in [0.15, 0.2) is 47.6 Å². The number of anilines is 1. The normalized spacial score (nSPS) is 11.9. The zero-order valence-corrected chi connectivity index (χ0v) is 18.5. The SMILES string of the molecule is Cc1ccc(OC(C)c2nnc(SCC(=O)Nc3c(Cl)cccc3Cl)n2C)cc1. The molecule has 1 heterocycles. The van der Waals surface area contributed by atoms with E-state index in [1.54, 1.807) is 18.2 Å². The molecule has 3 aromatic rings. The molecule has 0 bridgehead atoms. The lowest BCUT2D eigenvalue weighted by Crippen LogP contribution is -2.15. The Bertz CT molecular complexity index is 988. The molecule has 0 radical (unpaired) electrons. The number of carbonyl (C=O) groups excluding carboxylic acids is 1. The van der Waals surface area contributed by atoms with E-state index in [-0.39, 0.29) is 17.8 Å². The minimum absolute atomic E-state index is 0.140. The largest absolute Gasteiger partial charge is 0.483 e. The molecule has 0 aliphatic heterocycles. The van der Waals surface area contributed by atoms with Crippen molar-refractivity contribution in [2.45, 2.75) is 25.1 Å². The molecule has 6 nitrogen and oxygen atoms in total. The quantitative estimate of drug-likeness (QED) is 0.494. The number of thioether (sulfide) groups is 1. The molecule has 0 saturated carbocycles. The first-order valence-corrected chi connectivity index (χ1v) is 10.6. The Balaban J connectivity index is 1.60. The van der Waals surface area contributed by atoms with Gasteiger partial charge in [0, 0.05) is 7.05 Å². The van der Waals surface area contributed by atoms with Crippen LogP contribution in [0.2, 0.25) is 10.0 Å². The number of aromatic nitrogens is 3. The van der Waals surface area contributed by atoms with Gasteiger partial charge in [-0.25, -0.2) is 0 Å². The van der Waals surface area contributed by atoms with Crippen LogP contribution in [-0.2, 0) is 11.8 Å². The van der Waals surface area contributed by atoms with Gasteiger partial charge in [0.05, 0.1) is 21.5 Å². The second kappa shape index (κ2) is 9.52. The van der Waals surface area contributed by atoms with Crippen LogP contribution in [0.25, 0.3) is 0 Å². The Kier molecular flexibility index (Phi) is 7.05. The van der Waals surface area contributed by atoms with Crippen molar-refractivity contribution < 1.29 is 9.53 Å². The second-order valence-electron chi connectivity index (χ2n) is 6.41. The van der Waals surface area contributed by atoms with Crippen LogP contribution in [0.5, 0.6) is 5.75 Å². The van der Waals surface area contributed by atoms with E-state index in [1.807, 2.05) is 49.7 Å². The van der Waals surface area contributed by atoms with E-state index in [0.29, 0.717) is 26.7 Å². The maximum atomic E-state index is 12.3. The third kappa shape index (κ3) is 5.44. The number of benzene rings is 2. The Hall–Kier alpha value is -2.22. The van der Waals surface area contributed by atoms with E-state index in [1.165, 1.54) is 17.3 Å². The average molecular weight is 451 g/mol. The third-order valence-electron chi connectivity index (χ3n) is 4.13. The summed E-state index contributed by atoms with van der Waals surface area (Å²) in [4.78, 5) is 12.3. The first-order chi connectivity index (χ1) is 13.8. The number of para-hydroxylation sites is 1. The number of halogens is 2. The minimum atomic E-state index is -0.291. The second-order valence-corrected chi connectivity index (χ2v) is 8.16. The first kappa shape index (κ1) is 21.5. The van der Waals surface area contributed by atoms with Crippen molar-refractivity contribution in [3.05, 3.63) is 63.9 Å². The average Bonchev–Trinajstić information content (AvgIpc) is 3.05. The summed E-state index contributed by atoms with van der Waals surface area (Å²) in [7, 11) is 1.84. The van der Waals surface area contributed by atoms with Gasteiger partial charge in [0.15, 0.2) is 17.1 Å². The number of hydrogen-bond acceptors (Lipinski definition) is 5. The number of carbonyl (C=O) groups is 1. The Morgan fingerprint density at radius 2 is 1.83 bits per heavy atom. The Morgan fingerprint density at radius 1 is 1.17 bits per heavy atom. The monoisotopic (exact) mass is 450 g/mol. The van der Waals surface area contributed by atoms with Crippen LogP contribution >= 0.6 is 35.0 Å². The van der Waals surface area contributed by atoms with E-state index >= 15 is 0 Å². The van der Waals surface area contributed by atoms with Crippen LogP contribution in [-0.4, -0.2) is 26.4 Å². The predicted octanol–water partition coefficient (Wildman–Crippen LogP) is 5.30. The number of nitrogens with one attached hydrogen (secondary N) is 1. The van der Waals surface area contributed by atoms with Crippen molar-refractivity contribution in [3.8, 4) is 5.75 Å². The molecule has 152 valence electrons. The summed E-state index contributed by atoms with van der Waals surface area (Å²) in [5.41, 5.74) is 1.57. The first-order valence-electron chi connectivity index (χ1n) is 8.84. The maximum Gasteiger partial charge on any atom is 0.234 e. The fourth-order valence-electron chi connectivity index (χ4n) is 2.60. The fraction of sp³-hybridized carbons (Fsp3) is 0.250. The van der Waals surface area contributed by atoms with E-state index in [2.05, 4.69) is 15.5 Å². The van der Waals surface area contributed by atoms with Crippen molar-refractivity contribution >= 4 is 46.6 Å². The van der Waals surface area contributed by atoms with E-state index in [4.69, 9.17) is 27.9 Å². The van der Waals surface area contributed by atoms with Gasteiger partial charge in [0.2, 0.25) is 5.91 Å². The van der Waals surface area contributed by atoms with Crippen LogP contribution in [0.4, 0.5) is 5.69 Å². The summed E-state index contributed by atoms with van der Waals surface area (Å²) < 4.78 is 7.76. The number of rotatable bonds is 7. The van der Waals surface area contributed by atoms with Gasteiger partial charge >= 0.3 is 0 Å². The Morgan fingerprint density at radius 3 is 2.48 bits per heavy atom. The van der Waals surface area contributed by atoms with Crippen molar-refractivity contribution in [1.82, 2.24) is 14.8 Å². The molecule has 1 aromatic heterocycles. The summed E-state index contributed by atoms with van der Waals surface area (Å²) in [6.45, 7) is 3.93. The van der Waals surface area contributed by atoms with Gasteiger partial charge in [-0.05, 0) is 38.1 Å². The number of hydrogen-bond donors (Lipinski definition) is 1. The molecule has 29 heavy (non-hydrogen) atoms. The van der Waals surface area contributed by atoms with Crippen molar-refractivity contribution in [3.63, 3.8) is 0 Å². The van der Waals surface area contributed by atoms with E-state index < -0.39 is 0 Å². The van der Waals surface area contributed by atoms with Gasteiger partial charge in [-0.1, -0.05) is 58.7 Å². The lowest BCUT2D eigenvalue weighted by atomic mass is 10.2. The molecule has 0 saturated heterocycles. The number of amides is 1. The minimum Gasteiger partial charge on any atom is -0.483 e. The topological polar surface area (TPSA) is 69.0 Å². The lowest BCUT2D eigenvalue weighted by molar-refractivity contribution is -0.113. The highest BCUT2D eigenvalue weighted by atomic mass is 35.5. The maximum absolute atomic E-state index is 12.3. The number of aryl methyl sites for hydroxylation is 1. The van der Waals surface area contributed by atoms with E-state index in [9.17, 15) is 4.79 Å². The van der Waals surface area contributed by atoms with Gasteiger partial charge in [-0.15, -0.1) is 10.2 Å². The van der Waals surface area contributed by atoms with Gasteiger partial charge in [-0.3, -0.25) is 4.79 Å². The van der Waals surface area contributed by atoms with Gasteiger partial charge < -0.3 is 14.6 Å². The molecule has 1 N–H and O–H groups in total. The highest BCUT2D eigenvalue weighted by Crippen LogP contribution is 2.30. The molecule has 1 atom stereocenters. The molecule has 9 heteroatoms. The van der Waals surface area contributed by atoms with Crippen LogP contribution in [0.3, 0.4) is 0 Å². The van der Waals surface area contributed by atoms with E-state index in [0.717, 1.165) is 5.75 Å². The highest BCUT2D eigenvalue weighted by molar-refractivity contribution is 7.99. The molecule has 1 unspecified atom stereocenters. The van der Waals surface area contributed by atoms with Crippen molar-refractivity contribution in [1.29, 1.82) is 0 Å². The summed E-state index contributed by atoms with van der Waals surface area (Å²) in [6, 6.07) is 12.9. The molecule has 3 rings (SSSR count). The molecule has 0 aliphatic rings. The zero-order chi connectivity index (χ0) is 21.0. The third-order valence-corrected chi connectivity index (χ3v) is 5.78. The van der Waals surface area contributed by atoms with Gasteiger partial charge in [0.25, 0.3) is 0 Å². The highest BCUT2D eigenvalue weighted by Gasteiger charge is 2.18. The Labute approximate surface area is 183 Å². The van der Waals surface area contributed by atoms with Gasteiger partial charge in [-0.2, -0.15) is 0 Å². The molecule has 0 aliphatic carbocycles. The summed E-state index contributed by atoms with van der Waals surface area (Å²) in [6.07, 6.45) is -0.291. The summed E-state index contributed by atoms with van der Waals surface area (Å²) in [5.74, 6) is 1.33. The summed E-state index contributed by atoms with van der Waals surface area (Å²) in [5, 5.41) is 12.5. The molecule has 1 amide bonds. The van der Waals surface area contributed by atoms with Crippen molar-refractivity contribution in [2.75, 3.05) is 11.1 Å². The van der Waals surface area contributed by atoms with Crippen LogP contribution in [0, 0.1) is 6.92 Å². The van der Waals surface area contributed by atoms with Crippen LogP contribution < -0.4 is 10.1 Å².